The van der Waals surface area contributed by atoms with E-state index in [2.05, 4.69) is 4.74 Å². The number of benzene rings is 1. The molecule has 0 aliphatic rings. The Bertz CT molecular complexity index is 380. The minimum Gasteiger partial charge on any atom is -0.469 e. The number of methoxy groups -OCH3 is 1. The first-order valence-electron chi connectivity index (χ1n) is 4.34. The van der Waals surface area contributed by atoms with Gasteiger partial charge in [-0.25, -0.2) is 8.78 Å². The second-order valence-electron chi connectivity index (χ2n) is 3.04. The summed E-state index contributed by atoms with van der Waals surface area (Å²) in [5, 5.41) is 0. The molecule has 82 valence electrons. The zero-order chi connectivity index (χ0) is 11.4. The molecule has 3 nitrogen and oxygen atoms in total. The van der Waals surface area contributed by atoms with Crippen molar-refractivity contribution in [1.82, 2.24) is 0 Å². The summed E-state index contributed by atoms with van der Waals surface area (Å²) in [6.07, 6.45) is 0.0662. The first-order chi connectivity index (χ1) is 7.04. The van der Waals surface area contributed by atoms with Gasteiger partial charge in [0.15, 0.2) is 0 Å². The molecule has 5 heteroatoms. The molecule has 1 aromatic rings. The SMILES string of the molecule is COC(=O)CCc1cc(F)cc(N)c1F. The summed E-state index contributed by atoms with van der Waals surface area (Å²) >= 11 is 0. The molecule has 0 unspecified atom stereocenters. The maximum Gasteiger partial charge on any atom is 0.305 e. The molecular formula is C10H11F2NO2. The summed E-state index contributed by atoms with van der Waals surface area (Å²) in [5.74, 6) is -1.77. The highest BCUT2D eigenvalue weighted by molar-refractivity contribution is 5.69. The molecule has 0 fully saturated rings. The zero-order valence-electron chi connectivity index (χ0n) is 8.22. The molecule has 0 heterocycles. The first-order valence-corrected chi connectivity index (χ1v) is 4.34. The van der Waals surface area contributed by atoms with Crippen LogP contribution in [0.15, 0.2) is 12.1 Å². The Morgan fingerprint density at radius 3 is 2.73 bits per heavy atom. The Kier molecular flexibility index (Phi) is 3.60. The molecule has 0 bridgehead atoms. The third kappa shape index (κ3) is 2.90. The monoisotopic (exact) mass is 215 g/mol. The lowest BCUT2D eigenvalue weighted by molar-refractivity contribution is -0.140. The van der Waals surface area contributed by atoms with Gasteiger partial charge in [0.05, 0.1) is 12.8 Å². The fourth-order valence-corrected chi connectivity index (χ4v) is 1.19. The summed E-state index contributed by atoms with van der Waals surface area (Å²) in [4.78, 5) is 10.8. The molecule has 0 aromatic heterocycles. The molecule has 0 radical (unpaired) electrons. The topological polar surface area (TPSA) is 52.3 Å². The van der Waals surface area contributed by atoms with Gasteiger partial charge in [0.25, 0.3) is 0 Å². The van der Waals surface area contributed by atoms with Crippen LogP contribution in [0.2, 0.25) is 0 Å². The smallest absolute Gasteiger partial charge is 0.305 e. The summed E-state index contributed by atoms with van der Waals surface area (Å²) in [6.45, 7) is 0. The molecule has 0 atom stereocenters. The number of nitrogen functional groups attached to an aromatic ring is 1. The molecule has 0 spiro atoms. The molecule has 0 aliphatic carbocycles. The van der Waals surface area contributed by atoms with E-state index in [1.54, 1.807) is 0 Å². The van der Waals surface area contributed by atoms with E-state index in [9.17, 15) is 13.6 Å². The van der Waals surface area contributed by atoms with Gasteiger partial charge >= 0.3 is 5.97 Å². The Labute approximate surface area is 85.8 Å². The molecule has 1 rings (SSSR count). The highest BCUT2D eigenvalue weighted by atomic mass is 19.1. The largest absolute Gasteiger partial charge is 0.469 e. The number of carbonyl (C=O) groups excluding carboxylic acids is 1. The van der Waals surface area contributed by atoms with Crippen molar-refractivity contribution >= 4 is 11.7 Å². The second kappa shape index (κ2) is 4.72. The van der Waals surface area contributed by atoms with Gasteiger partial charge < -0.3 is 10.5 Å². The fraction of sp³-hybridized carbons (Fsp3) is 0.300. The number of rotatable bonds is 3. The molecular weight excluding hydrogens is 204 g/mol. The van der Waals surface area contributed by atoms with Crippen LogP contribution in [0.5, 0.6) is 0 Å². The van der Waals surface area contributed by atoms with E-state index < -0.39 is 17.6 Å². The number of esters is 1. The second-order valence-corrected chi connectivity index (χ2v) is 3.04. The van der Waals surface area contributed by atoms with Crippen LogP contribution < -0.4 is 5.73 Å². The van der Waals surface area contributed by atoms with Crippen LogP contribution >= 0.6 is 0 Å². The fourth-order valence-electron chi connectivity index (χ4n) is 1.19. The van der Waals surface area contributed by atoms with E-state index in [1.165, 1.54) is 7.11 Å². The predicted molar refractivity (Wildman–Crippen MR) is 51.1 cm³/mol. The van der Waals surface area contributed by atoms with Gasteiger partial charge in [0.2, 0.25) is 0 Å². The minimum atomic E-state index is -0.680. The molecule has 0 saturated carbocycles. The van der Waals surface area contributed by atoms with Crippen molar-refractivity contribution in [1.29, 1.82) is 0 Å². The Morgan fingerprint density at radius 2 is 2.13 bits per heavy atom. The van der Waals surface area contributed by atoms with Crippen molar-refractivity contribution in [2.24, 2.45) is 0 Å². The van der Waals surface area contributed by atoms with Crippen molar-refractivity contribution in [2.75, 3.05) is 12.8 Å². The normalized spacial score (nSPS) is 10.1. The quantitative estimate of drug-likeness (QED) is 0.616. The van der Waals surface area contributed by atoms with Crippen LogP contribution in [0.25, 0.3) is 0 Å². The summed E-state index contributed by atoms with van der Waals surface area (Å²) in [5.41, 5.74) is 5.06. The maximum absolute atomic E-state index is 13.3. The third-order valence-electron chi connectivity index (χ3n) is 1.97. The molecule has 1 aromatic carbocycles. The summed E-state index contributed by atoms with van der Waals surface area (Å²) in [6, 6.07) is 1.92. The lowest BCUT2D eigenvalue weighted by Gasteiger charge is -2.05. The number of hydrogen-bond acceptors (Lipinski definition) is 3. The van der Waals surface area contributed by atoms with E-state index in [4.69, 9.17) is 5.73 Å². The average molecular weight is 215 g/mol. The lowest BCUT2D eigenvalue weighted by atomic mass is 10.1. The highest BCUT2D eigenvalue weighted by Gasteiger charge is 2.10. The van der Waals surface area contributed by atoms with Crippen LogP contribution in [0.1, 0.15) is 12.0 Å². The van der Waals surface area contributed by atoms with Gasteiger partial charge in [-0.15, -0.1) is 0 Å². The van der Waals surface area contributed by atoms with Gasteiger partial charge in [-0.2, -0.15) is 0 Å². The van der Waals surface area contributed by atoms with E-state index in [0.29, 0.717) is 0 Å². The molecule has 0 amide bonds. The number of hydrogen-bond donors (Lipinski definition) is 1. The van der Waals surface area contributed by atoms with Crippen molar-refractivity contribution in [3.8, 4) is 0 Å². The maximum atomic E-state index is 13.3. The molecule has 2 N–H and O–H groups in total. The van der Waals surface area contributed by atoms with Crippen LogP contribution in [-0.4, -0.2) is 13.1 Å². The van der Waals surface area contributed by atoms with Crippen molar-refractivity contribution in [3.63, 3.8) is 0 Å². The first kappa shape index (κ1) is 11.4. The minimum absolute atomic E-state index is 0.00366. The van der Waals surface area contributed by atoms with Gasteiger partial charge in [0, 0.05) is 6.42 Å². The van der Waals surface area contributed by atoms with Crippen LogP contribution in [-0.2, 0) is 16.0 Å². The average Bonchev–Trinajstić information content (AvgIpc) is 2.20. The van der Waals surface area contributed by atoms with E-state index >= 15 is 0 Å². The van der Waals surface area contributed by atoms with Crippen LogP contribution in [0, 0.1) is 11.6 Å². The van der Waals surface area contributed by atoms with Crippen molar-refractivity contribution in [3.05, 3.63) is 29.3 Å². The number of aryl methyl sites for hydroxylation is 1. The van der Waals surface area contributed by atoms with Gasteiger partial charge in [-0.3, -0.25) is 4.79 Å². The predicted octanol–water partition coefficient (Wildman–Crippen LogP) is 1.65. The van der Waals surface area contributed by atoms with Gasteiger partial charge in [0.1, 0.15) is 11.6 Å². The number of anilines is 1. The summed E-state index contributed by atoms with van der Waals surface area (Å²) in [7, 11) is 1.23. The number of ether oxygens (including phenoxy) is 1. The van der Waals surface area contributed by atoms with E-state index in [1.807, 2.05) is 0 Å². The van der Waals surface area contributed by atoms with Crippen molar-refractivity contribution in [2.45, 2.75) is 12.8 Å². The third-order valence-corrected chi connectivity index (χ3v) is 1.97. The highest BCUT2D eigenvalue weighted by Crippen LogP contribution is 2.18. The van der Waals surface area contributed by atoms with Crippen molar-refractivity contribution < 1.29 is 18.3 Å². The van der Waals surface area contributed by atoms with Crippen LogP contribution in [0.4, 0.5) is 14.5 Å². The molecule has 0 aliphatic heterocycles. The Morgan fingerprint density at radius 1 is 1.47 bits per heavy atom. The van der Waals surface area contributed by atoms with Gasteiger partial charge in [-0.1, -0.05) is 0 Å². The summed E-state index contributed by atoms with van der Waals surface area (Å²) < 4.78 is 30.5. The molecule has 0 saturated heterocycles. The lowest BCUT2D eigenvalue weighted by Crippen LogP contribution is -2.05. The molecule has 15 heavy (non-hydrogen) atoms. The number of carbonyl (C=O) groups is 1. The zero-order valence-corrected chi connectivity index (χ0v) is 8.22. The van der Waals surface area contributed by atoms with Crippen LogP contribution in [0.3, 0.4) is 0 Å². The standard InChI is InChI=1S/C10H11F2NO2/c1-15-9(14)3-2-6-4-7(11)5-8(13)10(6)12/h4-5H,2-3,13H2,1H3. The van der Waals surface area contributed by atoms with E-state index in [0.717, 1.165) is 12.1 Å². The number of nitrogens with two attached hydrogens (primary N) is 1. The van der Waals surface area contributed by atoms with Gasteiger partial charge in [-0.05, 0) is 24.1 Å². The number of halogens is 2. The van der Waals surface area contributed by atoms with E-state index in [-0.39, 0.29) is 24.1 Å². The Balaban J connectivity index is 2.81. The Hall–Kier alpha value is -1.65.